The van der Waals surface area contributed by atoms with Gasteiger partial charge in [0, 0.05) is 83.6 Å². The highest BCUT2D eigenvalue weighted by Gasteiger charge is 2.34. The molecule has 4 aromatic rings. The minimum atomic E-state index is -4.45. The molecule has 2 aliphatic rings. The summed E-state index contributed by atoms with van der Waals surface area (Å²) in [6.07, 6.45) is -1.25. The van der Waals surface area contributed by atoms with Gasteiger partial charge < -0.3 is 19.6 Å². The highest BCUT2D eigenvalue weighted by molar-refractivity contribution is 5.95. The second-order valence-electron chi connectivity index (χ2n) is 13.8. The number of amides is 2. The molecule has 0 radical (unpaired) electrons. The van der Waals surface area contributed by atoms with Crippen molar-refractivity contribution in [2.45, 2.75) is 38.7 Å². The van der Waals surface area contributed by atoms with E-state index in [0.29, 0.717) is 38.2 Å². The van der Waals surface area contributed by atoms with Crippen LogP contribution in [0.15, 0.2) is 115 Å². The highest BCUT2D eigenvalue weighted by Crippen LogP contribution is 2.29. The van der Waals surface area contributed by atoms with E-state index in [4.69, 9.17) is 0 Å². The third-order valence-electron chi connectivity index (χ3n) is 10.3. The quantitative estimate of drug-likeness (QED) is 0.150. The third-order valence-corrected chi connectivity index (χ3v) is 10.3. The van der Waals surface area contributed by atoms with Crippen LogP contribution >= 0.6 is 0 Å². The zero-order valence-electron chi connectivity index (χ0n) is 30.3. The van der Waals surface area contributed by atoms with Crippen LogP contribution in [0, 0.1) is 0 Å². The number of nitrogens with zero attached hydrogens (tertiary/aromatic N) is 5. The fourth-order valence-corrected chi connectivity index (χ4v) is 7.07. The van der Waals surface area contributed by atoms with E-state index in [2.05, 4.69) is 45.9 Å². The summed E-state index contributed by atoms with van der Waals surface area (Å²) in [5.41, 5.74) is 3.86. The summed E-state index contributed by atoms with van der Waals surface area (Å²) in [5, 5.41) is 0. The Labute approximate surface area is 310 Å². The van der Waals surface area contributed by atoms with E-state index in [-0.39, 0.29) is 18.4 Å². The van der Waals surface area contributed by atoms with Crippen LogP contribution in [0.2, 0.25) is 0 Å². The number of piperazine rings is 2. The molecule has 0 bridgehead atoms. The van der Waals surface area contributed by atoms with Crippen molar-refractivity contribution in [3.63, 3.8) is 0 Å². The average molecular weight is 724 g/mol. The van der Waals surface area contributed by atoms with Gasteiger partial charge in [-0.2, -0.15) is 13.2 Å². The Balaban J connectivity index is 1.25. The topological polar surface area (TPSA) is 50.3 Å². The lowest BCUT2D eigenvalue weighted by molar-refractivity contribution is -0.145. The Morgan fingerprint density at radius 2 is 1.28 bits per heavy atom. The Morgan fingerprint density at radius 1 is 0.698 bits per heavy atom. The molecule has 0 saturated carbocycles. The molecule has 0 spiro atoms. The van der Waals surface area contributed by atoms with Crippen LogP contribution in [0.25, 0.3) is 6.08 Å². The predicted octanol–water partition coefficient (Wildman–Crippen LogP) is 6.85. The maximum Gasteiger partial charge on any atom is 0.416 e. The van der Waals surface area contributed by atoms with Crippen LogP contribution in [0.1, 0.15) is 34.7 Å². The first kappa shape index (κ1) is 37.8. The molecule has 6 rings (SSSR count). The monoisotopic (exact) mass is 723 g/mol. The van der Waals surface area contributed by atoms with Crippen molar-refractivity contribution in [2.75, 3.05) is 63.8 Å². The third kappa shape index (κ3) is 10.4. The van der Waals surface area contributed by atoms with Crippen LogP contribution in [0.4, 0.5) is 18.9 Å². The van der Waals surface area contributed by atoms with Gasteiger partial charge in [-0.1, -0.05) is 91.9 Å². The number of likely N-dealkylation sites (N-methyl/N-ethyl adjacent to an activating group) is 1. The van der Waals surface area contributed by atoms with E-state index in [0.717, 1.165) is 68.2 Å². The van der Waals surface area contributed by atoms with Gasteiger partial charge in [-0.25, -0.2) is 0 Å². The largest absolute Gasteiger partial charge is 0.416 e. The smallest absolute Gasteiger partial charge is 0.369 e. The summed E-state index contributed by atoms with van der Waals surface area (Å²) in [6, 6.07) is 32.1. The van der Waals surface area contributed by atoms with Gasteiger partial charge in [0.25, 0.3) is 0 Å². The SMILES string of the molecule is CCN1CCN(c2ccc(CN(C(=O)C=Cc3ccc(C(F)(F)F)cc3)C(Cc3ccccc3)C(=O)N3CCN(Cc4ccccc4)CC3)cc2)CC1. The molecule has 2 amide bonds. The van der Waals surface area contributed by atoms with Gasteiger partial charge in [0.05, 0.1) is 5.56 Å². The van der Waals surface area contributed by atoms with Crippen LogP contribution < -0.4 is 4.90 Å². The Bertz CT molecular complexity index is 1780. The molecule has 2 heterocycles. The number of benzene rings is 4. The Kier molecular flexibility index (Phi) is 12.6. The molecule has 2 aliphatic heterocycles. The number of carbonyl (C=O) groups is 2. The van der Waals surface area contributed by atoms with Crippen molar-refractivity contribution < 1.29 is 22.8 Å². The fourth-order valence-electron chi connectivity index (χ4n) is 7.07. The lowest BCUT2D eigenvalue weighted by atomic mass is 10.0. The number of halogens is 3. The zero-order chi connectivity index (χ0) is 37.2. The molecular weight excluding hydrogens is 675 g/mol. The van der Waals surface area contributed by atoms with Gasteiger partial charge in [-0.3, -0.25) is 14.5 Å². The molecule has 0 aromatic heterocycles. The van der Waals surface area contributed by atoms with Crippen LogP contribution in [-0.4, -0.2) is 96.4 Å². The highest BCUT2D eigenvalue weighted by atomic mass is 19.4. The molecule has 0 N–H and O–H groups in total. The number of rotatable bonds is 12. The van der Waals surface area contributed by atoms with Crippen molar-refractivity contribution in [3.05, 3.63) is 143 Å². The minimum Gasteiger partial charge on any atom is -0.369 e. The summed E-state index contributed by atoms with van der Waals surface area (Å²) < 4.78 is 39.6. The maximum atomic E-state index is 14.6. The van der Waals surface area contributed by atoms with Crippen LogP contribution in [0.3, 0.4) is 0 Å². The molecular formula is C43H48F3N5O2. The summed E-state index contributed by atoms with van der Waals surface area (Å²) in [7, 11) is 0. The van der Waals surface area contributed by atoms with E-state index in [1.165, 1.54) is 29.8 Å². The van der Waals surface area contributed by atoms with E-state index in [1.54, 1.807) is 4.90 Å². The van der Waals surface area contributed by atoms with E-state index in [1.807, 2.05) is 65.6 Å². The Morgan fingerprint density at radius 3 is 1.87 bits per heavy atom. The molecule has 278 valence electrons. The van der Waals surface area contributed by atoms with Gasteiger partial charge >= 0.3 is 6.18 Å². The molecule has 2 saturated heterocycles. The predicted molar refractivity (Wildman–Crippen MR) is 204 cm³/mol. The molecule has 4 aromatic carbocycles. The maximum absolute atomic E-state index is 14.6. The van der Waals surface area contributed by atoms with E-state index >= 15 is 0 Å². The minimum absolute atomic E-state index is 0.116. The van der Waals surface area contributed by atoms with E-state index < -0.39 is 17.8 Å². The summed E-state index contributed by atoms with van der Waals surface area (Å²) >= 11 is 0. The summed E-state index contributed by atoms with van der Waals surface area (Å²) in [4.78, 5) is 39.5. The molecule has 2 fully saturated rings. The number of alkyl halides is 3. The van der Waals surface area contributed by atoms with E-state index in [9.17, 15) is 22.8 Å². The van der Waals surface area contributed by atoms with Crippen molar-refractivity contribution in [1.82, 2.24) is 19.6 Å². The number of carbonyl (C=O) groups excluding carboxylic acids is 2. The molecule has 10 heteroatoms. The van der Waals surface area contributed by atoms with Crippen LogP contribution in [-0.2, 0) is 35.3 Å². The fraction of sp³-hybridized carbons (Fsp3) is 0.349. The van der Waals surface area contributed by atoms with Crippen molar-refractivity contribution in [3.8, 4) is 0 Å². The number of hydrogen-bond donors (Lipinski definition) is 0. The molecule has 7 nitrogen and oxygen atoms in total. The second kappa shape index (κ2) is 17.7. The van der Waals surface area contributed by atoms with Crippen molar-refractivity contribution in [1.29, 1.82) is 0 Å². The normalized spacial score (nSPS) is 16.5. The first-order valence-corrected chi connectivity index (χ1v) is 18.5. The van der Waals surface area contributed by atoms with Crippen molar-refractivity contribution >= 4 is 23.6 Å². The summed E-state index contributed by atoms with van der Waals surface area (Å²) in [6.45, 7) is 10.6. The van der Waals surface area contributed by atoms with Gasteiger partial charge in [-0.05, 0) is 59.1 Å². The standard InChI is InChI=1S/C43H48F3N5O2/c1-2-47-23-27-49(28-24-47)39-20-15-37(16-21-39)33-51(41(52)22-17-34-13-18-38(19-14-34)43(44,45)46)40(31-35-9-5-3-6-10-35)42(53)50-29-25-48(26-30-50)32-36-11-7-4-8-12-36/h3-22,40H,2,23-33H2,1H3. The van der Waals surface area contributed by atoms with Crippen LogP contribution in [0.5, 0.6) is 0 Å². The lowest BCUT2D eigenvalue weighted by Gasteiger charge is -2.39. The van der Waals surface area contributed by atoms with Gasteiger partial charge in [-0.15, -0.1) is 0 Å². The number of anilines is 1. The number of hydrogen-bond acceptors (Lipinski definition) is 5. The molecule has 53 heavy (non-hydrogen) atoms. The molecule has 0 aliphatic carbocycles. The molecule has 1 unspecified atom stereocenters. The lowest BCUT2D eigenvalue weighted by Crippen LogP contribution is -2.56. The van der Waals surface area contributed by atoms with Gasteiger partial charge in [0.1, 0.15) is 6.04 Å². The zero-order valence-corrected chi connectivity index (χ0v) is 30.3. The van der Waals surface area contributed by atoms with Gasteiger partial charge in [0.2, 0.25) is 11.8 Å². The first-order chi connectivity index (χ1) is 25.7. The average Bonchev–Trinajstić information content (AvgIpc) is 3.19. The van der Waals surface area contributed by atoms with Crippen molar-refractivity contribution in [2.24, 2.45) is 0 Å². The Hall–Kier alpha value is -4.93. The summed E-state index contributed by atoms with van der Waals surface area (Å²) in [5.74, 6) is -0.503. The van der Waals surface area contributed by atoms with Gasteiger partial charge in [0.15, 0.2) is 0 Å². The second-order valence-corrected chi connectivity index (χ2v) is 13.8. The first-order valence-electron chi connectivity index (χ1n) is 18.5. The molecule has 1 atom stereocenters.